The predicted molar refractivity (Wildman–Crippen MR) is 60.6 cm³/mol. The highest BCUT2D eigenvalue weighted by molar-refractivity contribution is 5.47. The second kappa shape index (κ2) is 4.76. The summed E-state index contributed by atoms with van der Waals surface area (Å²) >= 11 is 0. The first-order valence-electron chi connectivity index (χ1n) is 5.06. The molecule has 2 rings (SSSR count). The summed E-state index contributed by atoms with van der Waals surface area (Å²) < 4.78 is 0. The van der Waals surface area contributed by atoms with Gasteiger partial charge in [-0.15, -0.1) is 0 Å². The molecule has 5 heteroatoms. The van der Waals surface area contributed by atoms with Gasteiger partial charge in [0, 0.05) is 18.9 Å². The summed E-state index contributed by atoms with van der Waals surface area (Å²) in [6.45, 7) is 2.57. The van der Waals surface area contributed by atoms with Gasteiger partial charge < -0.3 is 5.32 Å². The van der Waals surface area contributed by atoms with Gasteiger partial charge in [0.15, 0.2) is 5.82 Å². The van der Waals surface area contributed by atoms with E-state index in [0.29, 0.717) is 5.82 Å². The fourth-order valence-corrected chi connectivity index (χ4v) is 1.38. The van der Waals surface area contributed by atoms with Gasteiger partial charge in [0.1, 0.15) is 11.5 Å². The van der Waals surface area contributed by atoms with Gasteiger partial charge in [-0.1, -0.05) is 0 Å². The van der Waals surface area contributed by atoms with Gasteiger partial charge in [0.2, 0.25) is 0 Å². The van der Waals surface area contributed by atoms with Crippen LogP contribution in [-0.4, -0.2) is 27.0 Å². The van der Waals surface area contributed by atoms with Crippen LogP contribution < -0.4 is 5.32 Å². The number of nitrogens with zero attached hydrogens (tertiary/aromatic N) is 4. The molecule has 0 amide bonds. The fourth-order valence-electron chi connectivity index (χ4n) is 1.38. The van der Waals surface area contributed by atoms with Crippen LogP contribution in [0.25, 0.3) is 11.5 Å². The lowest BCUT2D eigenvalue weighted by Crippen LogP contribution is -2.08. The Hall–Kier alpha value is -1.88. The highest BCUT2D eigenvalue weighted by Gasteiger charge is 2.04. The van der Waals surface area contributed by atoms with Gasteiger partial charge in [0.05, 0.1) is 5.69 Å². The van der Waals surface area contributed by atoms with Crippen LogP contribution in [-0.2, 0) is 6.54 Å². The average molecular weight is 215 g/mol. The molecule has 0 atom stereocenters. The maximum Gasteiger partial charge on any atom is 0.178 e. The zero-order valence-corrected chi connectivity index (χ0v) is 9.31. The van der Waals surface area contributed by atoms with Crippen LogP contribution in [0.4, 0.5) is 0 Å². The SMILES string of the molecule is CNCc1ccnc(-c2ccnc(C)n2)n1. The van der Waals surface area contributed by atoms with Crippen LogP contribution in [0, 0.1) is 6.92 Å². The Morgan fingerprint density at radius 3 is 2.69 bits per heavy atom. The summed E-state index contributed by atoms with van der Waals surface area (Å²) in [7, 11) is 1.89. The van der Waals surface area contributed by atoms with Crippen molar-refractivity contribution >= 4 is 0 Å². The topological polar surface area (TPSA) is 63.6 Å². The van der Waals surface area contributed by atoms with E-state index in [0.717, 1.165) is 23.8 Å². The van der Waals surface area contributed by atoms with Crippen LogP contribution in [0.1, 0.15) is 11.5 Å². The van der Waals surface area contributed by atoms with Crippen LogP contribution in [0.3, 0.4) is 0 Å². The molecule has 0 fully saturated rings. The molecule has 0 bridgehead atoms. The van der Waals surface area contributed by atoms with Crippen molar-refractivity contribution in [1.29, 1.82) is 0 Å². The lowest BCUT2D eigenvalue weighted by atomic mass is 10.3. The van der Waals surface area contributed by atoms with Gasteiger partial charge in [0.25, 0.3) is 0 Å². The summed E-state index contributed by atoms with van der Waals surface area (Å²) in [6, 6.07) is 3.69. The van der Waals surface area contributed by atoms with E-state index in [9.17, 15) is 0 Å². The largest absolute Gasteiger partial charge is 0.314 e. The Morgan fingerprint density at radius 2 is 1.94 bits per heavy atom. The Bertz CT molecular complexity index is 483. The van der Waals surface area contributed by atoms with Crippen molar-refractivity contribution in [2.75, 3.05) is 7.05 Å². The predicted octanol–water partition coefficient (Wildman–Crippen LogP) is 0.961. The second-order valence-corrected chi connectivity index (χ2v) is 3.39. The Morgan fingerprint density at radius 1 is 1.12 bits per heavy atom. The summed E-state index contributed by atoms with van der Waals surface area (Å²) in [5.74, 6) is 1.36. The number of rotatable bonds is 3. The van der Waals surface area contributed by atoms with Gasteiger partial charge in [-0.3, -0.25) is 0 Å². The van der Waals surface area contributed by atoms with Crippen LogP contribution in [0.5, 0.6) is 0 Å². The van der Waals surface area contributed by atoms with E-state index in [1.807, 2.05) is 26.1 Å². The highest BCUT2D eigenvalue weighted by Crippen LogP contribution is 2.10. The first-order chi connectivity index (χ1) is 7.79. The molecule has 2 heterocycles. The minimum atomic E-state index is 0.637. The van der Waals surface area contributed by atoms with Crippen molar-refractivity contribution in [3.63, 3.8) is 0 Å². The second-order valence-electron chi connectivity index (χ2n) is 3.39. The van der Waals surface area contributed by atoms with Crippen molar-refractivity contribution in [2.24, 2.45) is 0 Å². The van der Waals surface area contributed by atoms with Crippen molar-refractivity contribution in [3.05, 3.63) is 36.0 Å². The van der Waals surface area contributed by atoms with E-state index in [1.165, 1.54) is 0 Å². The molecule has 2 aromatic heterocycles. The van der Waals surface area contributed by atoms with Gasteiger partial charge in [-0.05, 0) is 26.1 Å². The third-order valence-corrected chi connectivity index (χ3v) is 2.08. The van der Waals surface area contributed by atoms with E-state index < -0.39 is 0 Å². The number of hydrogen-bond acceptors (Lipinski definition) is 5. The summed E-state index contributed by atoms with van der Waals surface area (Å²) in [4.78, 5) is 16.9. The van der Waals surface area contributed by atoms with Crippen LogP contribution in [0.2, 0.25) is 0 Å². The standard InChI is InChI=1S/C11H13N5/c1-8-13-6-4-10(15-8)11-14-5-3-9(16-11)7-12-2/h3-6,12H,7H2,1-2H3. The van der Waals surface area contributed by atoms with E-state index >= 15 is 0 Å². The van der Waals surface area contributed by atoms with Crippen molar-refractivity contribution < 1.29 is 0 Å². The molecule has 0 spiro atoms. The minimum absolute atomic E-state index is 0.637. The molecule has 2 aromatic rings. The molecule has 0 aromatic carbocycles. The summed E-state index contributed by atoms with van der Waals surface area (Å²) in [5.41, 5.74) is 1.70. The van der Waals surface area contributed by atoms with Crippen LogP contribution >= 0.6 is 0 Å². The van der Waals surface area contributed by atoms with Crippen molar-refractivity contribution in [2.45, 2.75) is 13.5 Å². The fraction of sp³-hybridized carbons (Fsp3) is 0.273. The molecule has 0 saturated carbocycles. The van der Waals surface area contributed by atoms with E-state index in [4.69, 9.17) is 0 Å². The quantitative estimate of drug-likeness (QED) is 0.826. The zero-order chi connectivity index (χ0) is 11.4. The third-order valence-electron chi connectivity index (χ3n) is 2.08. The van der Waals surface area contributed by atoms with Gasteiger partial charge in [-0.25, -0.2) is 19.9 Å². The van der Waals surface area contributed by atoms with E-state index in [1.54, 1.807) is 12.4 Å². The number of aromatic nitrogens is 4. The molecular weight excluding hydrogens is 202 g/mol. The Kier molecular flexibility index (Phi) is 3.16. The number of hydrogen-bond donors (Lipinski definition) is 1. The van der Waals surface area contributed by atoms with Gasteiger partial charge in [-0.2, -0.15) is 0 Å². The van der Waals surface area contributed by atoms with Crippen molar-refractivity contribution in [1.82, 2.24) is 25.3 Å². The maximum atomic E-state index is 4.41. The summed E-state index contributed by atoms with van der Waals surface area (Å²) in [5, 5.41) is 3.05. The molecule has 5 nitrogen and oxygen atoms in total. The maximum absolute atomic E-state index is 4.41. The molecule has 82 valence electrons. The van der Waals surface area contributed by atoms with E-state index in [-0.39, 0.29) is 0 Å². The van der Waals surface area contributed by atoms with Gasteiger partial charge >= 0.3 is 0 Å². The lowest BCUT2D eigenvalue weighted by Gasteiger charge is -2.02. The zero-order valence-electron chi connectivity index (χ0n) is 9.31. The molecule has 16 heavy (non-hydrogen) atoms. The molecule has 0 unspecified atom stereocenters. The average Bonchev–Trinajstić information content (AvgIpc) is 2.30. The molecule has 0 aliphatic carbocycles. The first-order valence-corrected chi connectivity index (χ1v) is 5.06. The lowest BCUT2D eigenvalue weighted by molar-refractivity contribution is 0.787. The third kappa shape index (κ3) is 2.38. The molecular formula is C11H13N5. The number of nitrogens with one attached hydrogen (secondary N) is 1. The Labute approximate surface area is 94.0 Å². The monoisotopic (exact) mass is 215 g/mol. The molecule has 0 saturated heterocycles. The molecule has 0 aliphatic heterocycles. The minimum Gasteiger partial charge on any atom is -0.314 e. The first kappa shape index (κ1) is 10.6. The highest BCUT2D eigenvalue weighted by atomic mass is 15.0. The number of aryl methyl sites for hydroxylation is 1. The van der Waals surface area contributed by atoms with E-state index in [2.05, 4.69) is 25.3 Å². The smallest absolute Gasteiger partial charge is 0.178 e. The Balaban J connectivity index is 2.36. The van der Waals surface area contributed by atoms with Crippen molar-refractivity contribution in [3.8, 4) is 11.5 Å². The summed E-state index contributed by atoms with van der Waals surface area (Å²) in [6.07, 6.45) is 3.46. The molecule has 0 aliphatic rings. The molecule has 1 N–H and O–H groups in total. The van der Waals surface area contributed by atoms with Crippen LogP contribution in [0.15, 0.2) is 24.5 Å². The molecule has 0 radical (unpaired) electrons. The normalized spacial score (nSPS) is 10.4.